The molecule has 1 aliphatic carbocycles. The number of pyridine rings is 1. The summed E-state index contributed by atoms with van der Waals surface area (Å²) in [5, 5.41) is 9.21. The molecule has 1 aromatic heterocycles. The quantitative estimate of drug-likeness (QED) is 0.920. The largest absolute Gasteiger partial charge is 0.392 e. The summed E-state index contributed by atoms with van der Waals surface area (Å²) in [6.07, 6.45) is 2.67. The number of nitrogens with zero attached hydrogens (tertiary/aromatic N) is 2. The van der Waals surface area contributed by atoms with Crippen LogP contribution in [0.5, 0.6) is 0 Å². The Labute approximate surface area is 131 Å². The summed E-state index contributed by atoms with van der Waals surface area (Å²) in [4.78, 5) is 18.8. The van der Waals surface area contributed by atoms with E-state index in [1.54, 1.807) is 25.4 Å². The number of hydrogen-bond donors (Lipinski definition) is 1. The Morgan fingerprint density at radius 3 is 2.95 bits per heavy atom. The van der Waals surface area contributed by atoms with Crippen LogP contribution in [0.3, 0.4) is 0 Å². The lowest BCUT2D eigenvalue weighted by Gasteiger charge is -2.56. The Kier molecular flexibility index (Phi) is 3.73. The van der Waals surface area contributed by atoms with Gasteiger partial charge in [0.2, 0.25) is 0 Å². The number of aliphatic hydroxyl groups is 1. The van der Waals surface area contributed by atoms with Crippen molar-refractivity contribution in [1.82, 2.24) is 9.88 Å². The van der Waals surface area contributed by atoms with Crippen LogP contribution in [0.2, 0.25) is 0 Å². The van der Waals surface area contributed by atoms with Crippen molar-refractivity contribution in [2.75, 3.05) is 26.8 Å². The van der Waals surface area contributed by atoms with E-state index in [4.69, 9.17) is 4.74 Å². The smallest absolute Gasteiger partial charge is 0.272 e. The van der Waals surface area contributed by atoms with Gasteiger partial charge < -0.3 is 14.7 Å². The molecular formula is C17H24N2O3. The van der Waals surface area contributed by atoms with Crippen LogP contribution in [0, 0.1) is 16.7 Å². The van der Waals surface area contributed by atoms with Gasteiger partial charge in [-0.1, -0.05) is 13.8 Å². The molecule has 3 rings (SSSR count). The molecule has 2 fully saturated rings. The fourth-order valence-corrected chi connectivity index (χ4v) is 4.61. The first-order chi connectivity index (χ1) is 10.4. The minimum atomic E-state index is -0.0773. The van der Waals surface area contributed by atoms with E-state index in [0.29, 0.717) is 23.8 Å². The molecule has 0 bridgehead atoms. The van der Waals surface area contributed by atoms with Crippen molar-refractivity contribution in [1.29, 1.82) is 0 Å². The maximum absolute atomic E-state index is 12.7. The van der Waals surface area contributed by atoms with Gasteiger partial charge in [0, 0.05) is 31.8 Å². The highest BCUT2D eigenvalue weighted by Crippen LogP contribution is 2.62. The number of rotatable bonds is 4. The SMILES string of the molecule is COC[C@@]12CN(C(=O)c3cc(CO)ccn3)C[C@@H]1C(C)(C)C2. The molecule has 2 atom stereocenters. The molecule has 1 saturated heterocycles. The molecule has 0 unspecified atom stereocenters. The van der Waals surface area contributed by atoms with Crippen molar-refractivity contribution in [3.05, 3.63) is 29.6 Å². The van der Waals surface area contributed by atoms with Crippen LogP contribution >= 0.6 is 0 Å². The maximum atomic E-state index is 12.7. The standard InChI is InChI=1S/C17H24N2O3/c1-16(2)9-17(11-22-3)10-19(7-14(16)17)15(21)13-6-12(8-20)4-5-18-13/h4-6,14,20H,7-11H2,1-3H3/t14-,17-/m1/s1. The lowest BCUT2D eigenvalue weighted by molar-refractivity contribution is -0.107. The summed E-state index contributed by atoms with van der Waals surface area (Å²) in [6.45, 7) is 6.66. The van der Waals surface area contributed by atoms with Crippen LogP contribution in [0.15, 0.2) is 18.3 Å². The average Bonchev–Trinajstić information content (AvgIpc) is 2.81. The third-order valence-corrected chi connectivity index (χ3v) is 5.34. The van der Waals surface area contributed by atoms with Crippen LogP contribution in [-0.4, -0.2) is 47.7 Å². The second-order valence-corrected chi connectivity index (χ2v) is 7.41. The van der Waals surface area contributed by atoms with E-state index in [1.165, 1.54) is 0 Å². The van der Waals surface area contributed by atoms with Crippen molar-refractivity contribution in [3.63, 3.8) is 0 Å². The normalized spacial score (nSPS) is 29.1. The van der Waals surface area contributed by atoms with Gasteiger partial charge in [-0.3, -0.25) is 9.78 Å². The van der Waals surface area contributed by atoms with Crippen LogP contribution in [-0.2, 0) is 11.3 Å². The van der Waals surface area contributed by atoms with E-state index in [0.717, 1.165) is 19.5 Å². The Bertz CT molecular complexity index is 587. The molecule has 1 saturated carbocycles. The summed E-state index contributed by atoms with van der Waals surface area (Å²) >= 11 is 0. The first-order valence-electron chi connectivity index (χ1n) is 7.76. The molecule has 120 valence electrons. The highest BCUT2D eigenvalue weighted by molar-refractivity contribution is 5.92. The van der Waals surface area contributed by atoms with Gasteiger partial charge in [0.05, 0.1) is 13.2 Å². The summed E-state index contributed by atoms with van der Waals surface area (Å²) in [5.41, 5.74) is 1.49. The fourth-order valence-electron chi connectivity index (χ4n) is 4.61. The molecule has 1 N–H and O–H groups in total. The molecule has 22 heavy (non-hydrogen) atoms. The van der Waals surface area contributed by atoms with Crippen molar-refractivity contribution < 1.29 is 14.6 Å². The topological polar surface area (TPSA) is 62.7 Å². The molecular weight excluding hydrogens is 280 g/mol. The summed E-state index contributed by atoms with van der Waals surface area (Å²) < 4.78 is 5.43. The van der Waals surface area contributed by atoms with E-state index in [2.05, 4.69) is 18.8 Å². The predicted molar refractivity (Wildman–Crippen MR) is 82.3 cm³/mol. The summed E-state index contributed by atoms with van der Waals surface area (Å²) in [7, 11) is 1.73. The zero-order chi connectivity index (χ0) is 16.0. The number of hydrogen-bond acceptors (Lipinski definition) is 4. The highest BCUT2D eigenvalue weighted by Gasteiger charge is 2.63. The minimum Gasteiger partial charge on any atom is -0.392 e. The van der Waals surface area contributed by atoms with Gasteiger partial charge in [0.15, 0.2) is 0 Å². The molecule has 2 heterocycles. The number of methoxy groups -OCH3 is 1. The summed E-state index contributed by atoms with van der Waals surface area (Å²) in [5.74, 6) is 0.431. The van der Waals surface area contributed by atoms with Crippen LogP contribution in [0.4, 0.5) is 0 Å². The number of aromatic nitrogens is 1. The number of carbonyl (C=O) groups excluding carboxylic acids is 1. The van der Waals surface area contributed by atoms with Gasteiger partial charge in [-0.05, 0) is 35.4 Å². The molecule has 0 aromatic carbocycles. The summed E-state index contributed by atoms with van der Waals surface area (Å²) in [6, 6.07) is 3.40. The first kappa shape index (κ1) is 15.4. The maximum Gasteiger partial charge on any atom is 0.272 e. The Balaban J connectivity index is 1.80. The molecule has 1 amide bonds. The minimum absolute atomic E-state index is 0.0454. The molecule has 1 aliphatic heterocycles. The van der Waals surface area contributed by atoms with Crippen molar-refractivity contribution >= 4 is 5.91 Å². The number of aliphatic hydroxyl groups excluding tert-OH is 1. The zero-order valence-corrected chi connectivity index (χ0v) is 13.5. The third-order valence-electron chi connectivity index (χ3n) is 5.34. The van der Waals surface area contributed by atoms with Gasteiger partial charge in [-0.2, -0.15) is 0 Å². The Morgan fingerprint density at radius 2 is 2.32 bits per heavy atom. The molecule has 5 nitrogen and oxygen atoms in total. The molecule has 5 heteroatoms. The fraction of sp³-hybridized carbons (Fsp3) is 0.647. The van der Waals surface area contributed by atoms with E-state index in [-0.39, 0.29) is 23.3 Å². The van der Waals surface area contributed by atoms with Crippen LogP contribution in [0.25, 0.3) is 0 Å². The number of likely N-dealkylation sites (tertiary alicyclic amines) is 1. The number of ether oxygens (including phenoxy) is 1. The Hall–Kier alpha value is -1.46. The van der Waals surface area contributed by atoms with Crippen molar-refractivity contribution in [2.24, 2.45) is 16.7 Å². The number of carbonyl (C=O) groups is 1. The highest BCUT2D eigenvalue weighted by atomic mass is 16.5. The van der Waals surface area contributed by atoms with E-state index >= 15 is 0 Å². The van der Waals surface area contributed by atoms with E-state index < -0.39 is 0 Å². The van der Waals surface area contributed by atoms with Gasteiger partial charge in [-0.15, -0.1) is 0 Å². The predicted octanol–water partition coefficient (Wildman–Crippen LogP) is 1.71. The van der Waals surface area contributed by atoms with Gasteiger partial charge in [-0.25, -0.2) is 0 Å². The monoisotopic (exact) mass is 304 g/mol. The second kappa shape index (κ2) is 5.32. The molecule has 0 spiro atoms. The average molecular weight is 304 g/mol. The number of fused-ring (bicyclic) bond motifs is 1. The third kappa shape index (κ3) is 2.32. The molecule has 2 aliphatic rings. The van der Waals surface area contributed by atoms with Gasteiger partial charge >= 0.3 is 0 Å². The molecule has 0 radical (unpaired) electrons. The van der Waals surface area contributed by atoms with E-state index in [9.17, 15) is 9.90 Å². The first-order valence-corrected chi connectivity index (χ1v) is 7.76. The molecule has 1 aromatic rings. The van der Waals surface area contributed by atoms with Crippen molar-refractivity contribution in [2.45, 2.75) is 26.9 Å². The Morgan fingerprint density at radius 1 is 1.55 bits per heavy atom. The lowest BCUT2D eigenvalue weighted by Crippen LogP contribution is -2.55. The van der Waals surface area contributed by atoms with Crippen molar-refractivity contribution in [3.8, 4) is 0 Å². The van der Waals surface area contributed by atoms with Gasteiger partial charge in [0.25, 0.3) is 5.91 Å². The second-order valence-electron chi connectivity index (χ2n) is 7.41. The van der Waals surface area contributed by atoms with Gasteiger partial charge in [0.1, 0.15) is 5.69 Å². The van der Waals surface area contributed by atoms with Crippen LogP contribution in [0.1, 0.15) is 36.3 Å². The van der Waals surface area contributed by atoms with Crippen LogP contribution < -0.4 is 0 Å². The van der Waals surface area contributed by atoms with E-state index in [1.807, 2.05) is 4.90 Å². The lowest BCUT2D eigenvalue weighted by atomic mass is 9.48. The number of amides is 1. The zero-order valence-electron chi connectivity index (χ0n) is 13.5.